The smallest absolute Gasteiger partial charge is 0.302 e. The standard InChI is InChI=1S/C20H27N3O5/c1-4-16-19(25)22-20-21-15-8-9-17(18(26-3)14(15)12-23(16)20)28-11-7-5-6-10-27-13(2)24/h8-9,16H,4-7,10-12H2,1-3H3,(H,21,22,25). The molecule has 1 amide bonds. The molecule has 8 nitrogen and oxygen atoms in total. The molecule has 0 aromatic heterocycles. The third-order valence-corrected chi connectivity index (χ3v) is 4.88. The minimum atomic E-state index is -0.249. The number of carbonyl (C=O) groups is 2. The zero-order chi connectivity index (χ0) is 20.1. The fourth-order valence-electron chi connectivity index (χ4n) is 3.49. The molecule has 152 valence electrons. The molecule has 1 aromatic rings. The molecule has 0 radical (unpaired) electrons. The van der Waals surface area contributed by atoms with Crippen molar-refractivity contribution in [1.29, 1.82) is 0 Å². The Labute approximate surface area is 164 Å². The Balaban J connectivity index is 1.63. The van der Waals surface area contributed by atoms with Crippen LogP contribution in [0.15, 0.2) is 17.1 Å². The number of aliphatic imine (C=N–C) groups is 1. The van der Waals surface area contributed by atoms with Crippen LogP contribution in [0.5, 0.6) is 11.5 Å². The summed E-state index contributed by atoms with van der Waals surface area (Å²) in [6.07, 6.45) is 3.29. The highest BCUT2D eigenvalue weighted by Gasteiger charge is 2.39. The van der Waals surface area contributed by atoms with Crippen molar-refractivity contribution in [1.82, 2.24) is 10.2 Å². The molecule has 1 saturated heterocycles. The summed E-state index contributed by atoms with van der Waals surface area (Å²) < 4.78 is 16.5. The summed E-state index contributed by atoms with van der Waals surface area (Å²) in [6.45, 7) is 4.94. The lowest BCUT2D eigenvalue weighted by Gasteiger charge is -2.28. The number of benzene rings is 1. The fourth-order valence-corrected chi connectivity index (χ4v) is 3.49. The summed E-state index contributed by atoms with van der Waals surface area (Å²) in [7, 11) is 1.62. The van der Waals surface area contributed by atoms with Crippen molar-refractivity contribution >= 4 is 23.5 Å². The van der Waals surface area contributed by atoms with Crippen molar-refractivity contribution in [2.45, 2.75) is 52.1 Å². The quantitative estimate of drug-likeness (QED) is 0.516. The Morgan fingerprint density at radius 1 is 1.29 bits per heavy atom. The minimum Gasteiger partial charge on any atom is -0.492 e. The third-order valence-electron chi connectivity index (χ3n) is 4.88. The third kappa shape index (κ3) is 4.21. The molecule has 0 aliphatic carbocycles. The van der Waals surface area contributed by atoms with Gasteiger partial charge in [-0.2, -0.15) is 0 Å². The highest BCUT2D eigenvalue weighted by molar-refractivity contribution is 6.07. The second-order valence-electron chi connectivity index (χ2n) is 6.82. The van der Waals surface area contributed by atoms with Crippen LogP contribution in [0, 0.1) is 0 Å². The summed E-state index contributed by atoms with van der Waals surface area (Å²) in [5, 5.41) is 2.85. The Hall–Kier alpha value is -2.77. The van der Waals surface area contributed by atoms with Gasteiger partial charge in [-0.25, -0.2) is 4.99 Å². The Morgan fingerprint density at radius 3 is 2.79 bits per heavy atom. The molecular weight excluding hydrogens is 362 g/mol. The zero-order valence-electron chi connectivity index (χ0n) is 16.6. The number of ether oxygens (including phenoxy) is 3. The lowest BCUT2D eigenvalue weighted by Crippen LogP contribution is -2.36. The number of guanidine groups is 1. The maximum atomic E-state index is 12.1. The Morgan fingerprint density at radius 2 is 2.07 bits per heavy atom. The maximum Gasteiger partial charge on any atom is 0.302 e. The maximum absolute atomic E-state index is 12.1. The van der Waals surface area contributed by atoms with E-state index in [2.05, 4.69) is 10.3 Å². The lowest BCUT2D eigenvalue weighted by molar-refractivity contribution is -0.141. The molecule has 0 bridgehead atoms. The summed E-state index contributed by atoms with van der Waals surface area (Å²) in [5.41, 5.74) is 1.71. The first-order valence-electron chi connectivity index (χ1n) is 9.67. The molecule has 2 aliphatic heterocycles. The second-order valence-corrected chi connectivity index (χ2v) is 6.82. The molecule has 1 aromatic carbocycles. The van der Waals surface area contributed by atoms with Gasteiger partial charge in [-0.1, -0.05) is 6.92 Å². The van der Waals surface area contributed by atoms with Crippen molar-refractivity contribution in [3.8, 4) is 11.5 Å². The SMILES string of the molecule is CCC1C(=O)NC2=Nc3ccc(OCCCCCOC(C)=O)c(OC)c3CN21. The molecule has 0 spiro atoms. The number of amides is 1. The van der Waals surface area contributed by atoms with Gasteiger partial charge in [0.1, 0.15) is 6.04 Å². The first-order valence-corrected chi connectivity index (χ1v) is 9.67. The first-order chi connectivity index (χ1) is 13.5. The summed E-state index contributed by atoms with van der Waals surface area (Å²) in [5.74, 6) is 1.67. The highest BCUT2D eigenvalue weighted by atomic mass is 16.5. The van der Waals surface area contributed by atoms with E-state index in [1.54, 1.807) is 7.11 Å². The monoisotopic (exact) mass is 389 g/mol. The van der Waals surface area contributed by atoms with E-state index in [9.17, 15) is 9.59 Å². The van der Waals surface area contributed by atoms with E-state index in [1.165, 1.54) is 6.92 Å². The van der Waals surface area contributed by atoms with Gasteiger partial charge in [0.05, 0.1) is 32.6 Å². The van der Waals surface area contributed by atoms with Crippen LogP contribution in [-0.2, 0) is 20.9 Å². The van der Waals surface area contributed by atoms with Crippen LogP contribution in [-0.4, -0.2) is 49.1 Å². The number of nitrogens with one attached hydrogen (secondary N) is 1. The predicted octanol–water partition coefficient (Wildman–Crippen LogP) is 2.52. The number of methoxy groups -OCH3 is 1. The molecule has 1 atom stereocenters. The van der Waals surface area contributed by atoms with Crippen LogP contribution in [0.1, 0.15) is 45.1 Å². The molecule has 0 saturated carbocycles. The van der Waals surface area contributed by atoms with Crippen LogP contribution in [0.4, 0.5) is 5.69 Å². The van der Waals surface area contributed by atoms with Gasteiger partial charge in [-0.05, 0) is 37.8 Å². The summed E-state index contributed by atoms with van der Waals surface area (Å²) in [6, 6.07) is 3.53. The average molecular weight is 389 g/mol. The highest BCUT2D eigenvalue weighted by Crippen LogP contribution is 2.41. The molecule has 3 rings (SSSR count). The van der Waals surface area contributed by atoms with Crippen LogP contribution in [0.2, 0.25) is 0 Å². The van der Waals surface area contributed by atoms with Crippen molar-refractivity contribution in [3.63, 3.8) is 0 Å². The van der Waals surface area contributed by atoms with Crippen molar-refractivity contribution in [2.75, 3.05) is 20.3 Å². The predicted molar refractivity (Wildman–Crippen MR) is 104 cm³/mol. The number of hydrogen-bond acceptors (Lipinski definition) is 7. The largest absolute Gasteiger partial charge is 0.492 e. The molecular formula is C20H27N3O5. The van der Waals surface area contributed by atoms with E-state index < -0.39 is 0 Å². The lowest BCUT2D eigenvalue weighted by atomic mass is 10.1. The van der Waals surface area contributed by atoms with Crippen molar-refractivity contribution in [3.05, 3.63) is 17.7 Å². The number of unbranched alkanes of at least 4 members (excludes halogenated alkanes) is 2. The van der Waals surface area contributed by atoms with Crippen molar-refractivity contribution < 1.29 is 23.8 Å². The fraction of sp³-hybridized carbons (Fsp3) is 0.550. The minimum absolute atomic E-state index is 0.0155. The van der Waals surface area contributed by atoms with Gasteiger partial charge in [0.25, 0.3) is 0 Å². The van der Waals surface area contributed by atoms with Gasteiger partial charge < -0.3 is 19.1 Å². The van der Waals surface area contributed by atoms with E-state index in [-0.39, 0.29) is 17.9 Å². The van der Waals surface area contributed by atoms with Crippen LogP contribution >= 0.6 is 0 Å². The van der Waals surface area contributed by atoms with E-state index in [0.29, 0.717) is 43.6 Å². The molecule has 28 heavy (non-hydrogen) atoms. The first kappa shape index (κ1) is 20.0. The number of fused-ring (bicyclic) bond motifs is 2. The zero-order valence-corrected chi connectivity index (χ0v) is 16.6. The normalized spacial score (nSPS) is 17.4. The molecule has 8 heteroatoms. The van der Waals surface area contributed by atoms with Crippen LogP contribution in [0.25, 0.3) is 0 Å². The van der Waals surface area contributed by atoms with Gasteiger partial charge in [0.15, 0.2) is 11.5 Å². The Bertz CT molecular complexity index is 777. The van der Waals surface area contributed by atoms with E-state index in [4.69, 9.17) is 14.2 Å². The van der Waals surface area contributed by atoms with Gasteiger partial charge in [-0.3, -0.25) is 14.9 Å². The summed E-state index contributed by atoms with van der Waals surface area (Å²) >= 11 is 0. The van der Waals surface area contributed by atoms with Gasteiger partial charge in [0, 0.05) is 12.5 Å². The van der Waals surface area contributed by atoms with Gasteiger partial charge in [-0.15, -0.1) is 0 Å². The van der Waals surface area contributed by atoms with Gasteiger partial charge in [0.2, 0.25) is 11.9 Å². The Kier molecular flexibility index (Phi) is 6.38. The van der Waals surface area contributed by atoms with Crippen molar-refractivity contribution in [2.24, 2.45) is 4.99 Å². The molecule has 2 heterocycles. The van der Waals surface area contributed by atoms with E-state index in [1.807, 2.05) is 24.0 Å². The number of rotatable bonds is 9. The van der Waals surface area contributed by atoms with Crippen LogP contribution in [0.3, 0.4) is 0 Å². The molecule has 1 unspecified atom stereocenters. The van der Waals surface area contributed by atoms with E-state index >= 15 is 0 Å². The topological polar surface area (TPSA) is 89.5 Å². The number of esters is 1. The van der Waals surface area contributed by atoms with Gasteiger partial charge >= 0.3 is 5.97 Å². The number of hydrogen-bond donors (Lipinski definition) is 1. The number of carbonyl (C=O) groups excluding carboxylic acids is 2. The molecule has 2 aliphatic rings. The second kappa shape index (κ2) is 8.95. The van der Waals surface area contributed by atoms with Crippen LogP contribution < -0.4 is 14.8 Å². The summed E-state index contributed by atoms with van der Waals surface area (Å²) in [4.78, 5) is 29.4. The van der Waals surface area contributed by atoms with E-state index in [0.717, 1.165) is 30.5 Å². The average Bonchev–Trinajstić information content (AvgIpc) is 2.98. The number of nitrogens with zero attached hydrogens (tertiary/aromatic N) is 2. The molecule has 1 fully saturated rings. The molecule has 1 N–H and O–H groups in total.